The summed E-state index contributed by atoms with van der Waals surface area (Å²) in [6, 6.07) is 28.3. The fourth-order valence-corrected chi connectivity index (χ4v) is 12.4. The molecule has 4 heteroatoms. The van der Waals surface area contributed by atoms with Crippen molar-refractivity contribution in [3.8, 4) is 0 Å². The Morgan fingerprint density at radius 1 is 0.419 bits per heavy atom. The molecule has 1 saturated heterocycles. The SMILES string of the molecule is Cc1cc(C)cc(P(CC2OC(C)(C)OC2CP(c2cc(C)cc(C)c2)c2cc(C)cc(C)c2)c2cc(C)cc(C)c2)c1. The van der Waals surface area contributed by atoms with Gasteiger partial charge >= 0.3 is 0 Å². The minimum atomic E-state index is -0.647. The highest BCUT2D eigenvalue weighted by Gasteiger charge is 2.43. The van der Waals surface area contributed by atoms with Crippen LogP contribution in [0.1, 0.15) is 58.4 Å². The van der Waals surface area contributed by atoms with Crippen LogP contribution >= 0.6 is 15.8 Å². The Morgan fingerprint density at radius 2 is 0.628 bits per heavy atom. The van der Waals surface area contributed by atoms with Gasteiger partial charge in [-0.3, -0.25) is 0 Å². The van der Waals surface area contributed by atoms with Gasteiger partial charge in [-0.2, -0.15) is 0 Å². The predicted molar refractivity (Wildman–Crippen MR) is 190 cm³/mol. The molecule has 0 aliphatic carbocycles. The summed E-state index contributed by atoms with van der Waals surface area (Å²) in [5, 5.41) is 5.71. The number of aryl methyl sites for hydroxylation is 8. The van der Waals surface area contributed by atoms with Gasteiger partial charge in [0.05, 0.1) is 12.2 Å². The van der Waals surface area contributed by atoms with E-state index in [9.17, 15) is 0 Å². The van der Waals surface area contributed by atoms with E-state index in [4.69, 9.17) is 9.47 Å². The molecule has 1 aliphatic heterocycles. The van der Waals surface area contributed by atoms with Gasteiger partial charge in [0.25, 0.3) is 0 Å². The van der Waals surface area contributed by atoms with E-state index in [1.165, 1.54) is 65.7 Å². The van der Waals surface area contributed by atoms with E-state index in [0.29, 0.717) is 0 Å². The molecule has 0 N–H and O–H groups in total. The average Bonchev–Trinajstić information content (AvgIpc) is 3.16. The second-order valence-corrected chi connectivity index (χ2v) is 17.8. The van der Waals surface area contributed by atoms with E-state index < -0.39 is 21.6 Å². The molecular weight excluding hydrogens is 562 g/mol. The van der Waals surface area contributed by atoms with Gasteiger partial charge in [0, 0.05) is 12.3 Å². The second kappa shape index (κ2) is 12.9. The Labute approximate surface area is 262 Å². The van der Waals surface area contributed by atoms with Crippen LogP contribution in [0.4, 0.5) is 0 Å². The van der Waals surface area contributed by atoms with E-state index in [-0.39, 0.29) is 12.2 Å². The summed E-state index contributed by atoms with van der Waals surface area (Å²) < 4.78 is 13.7. The van der Waals surface area contributed by atoms with Crippen LogP contribution in [0.15, 0.2) is 72.8 Å². The van der Waals surface area contributed by atoms with Crippen molar-refractivity contribution in [1.82, 2.24) is 0 Å². The van der Waals surface area contributed by atoms with E-state index in [1.807, 2.05) is 0 Å². The van der Waals surface area contributed by atoms with Crippen LogP contribution < -0.4 is 21.2 Å². The van der Waals surface area contributed by atoms with E-state index >= 15 is 0 Å². The third kappa shape index (κ3) is 8.04. The Hall–Kier alpha value is -2.34. The van der Waals surface area contributed by atoms with Crippen molar-refractivity contribution in [2.45, 2.75) is 87.2 Å². The maximum Gasteiger partial charge on any atom is 0.163 e. The zero-order valence-corrected chi connectivity index (χ0v) is 29.5. The van der Waals surface area contributed by atoms with Gasteiger partial charge in [-0.05, 0) is 106 Å². The maximum absolute atomic E-state index is 6.83. The summed E-state index contributed by atoms with van der Waals surface area (Å²) in [4.78, 5) is 0. The highest BCUT2D eigenvalue weighted by Crippen LogP contribution is 2.45. The second-order valence-electron chi connectivity index (χ2n) is 13.3. The highest BCUT2D eigenvalue weighted by molar-refractivity contribution is 7.73. The summed E-state index contributed by atoms with van der Waals surface area (Å²) in [6.07, 6.45) is 1.89. The number of hydrogen-bond donors (Lipinski definition) is 0. The van der Waals surface area contributed by atoms with Crippen molar-refractivity contribution >= 4 is 37.1 Å². The molecule has 1 fully saturated rings. The number of ether oxygens (including phenoxy) is 2. The molecule has 4 aromatic carbocycles. The van der Waals surface area contributed by atoms with Gasteiger partial charge < -0.3 is 9.47 Å². The molecule has 0 amide bonds. The zero-order valence-electron chi connectivity index (χ0n) is 27.7. The first-order valence-electron chi connectivity index (χ1n) is 15.5. The van der Waals surface area contributed by atoms with Crippen LogP contribution in [0.2, 0.25) is 0 Å². The van der Waals surface area contributed by atoms with Gasteiger partial charge in [0.15, 0.2) is 5.79 Å². The fourth-order valence-electron chi connectivity index (χ4n) is 6.72. The van der Waals surface area contributed by atoms with Gasteiger partial charge in [0.2, 0.25) is 0 Å². The van der Waals surface area contributed by atoms with Crippen molar-refractivity contribution in [3.63, 3.8) is 0 Å². The van der Waals surface area contributed by atoms with E-state index in [2.05, 4.69) is 142 Å². The Balaban J connectivity index is 1.56. The number of rotatable bonds is 8. The molecule has 0 saturated carbocycles. The molecule has 1 heterocycles. The average molecular weight is 611 g/mol. The van der Waals surface area contributed by atoms with Crippen LogP contribution in [-0.2, 0) is 9.47 Å². The molecular formula is C39H48O2P2. The van der Waals surface area contributed by atoms with Crippen LogP contribution in [0.3, 0.4) is 0 Å². The third-order valence-electron chi connectivity index (χ3n) is 8.08. The zero-order chi connectivity index (χ0) is 31.1. The summed E-state index contributed by atoms with van der Waals surface area (Å²) in [6.45, 7) is 21.9. The normalized spacial score (nSPS) is 18.1. The number of benzene rings is 4. The van der Waals surface area contributed by atoms with Crippen LogP contribution in [-0.4, -0.2) is 30.3 Å². The molecule has 0 aromatic heterocycles. The van der Waals surface area contributed by atoms with E-state index in [0.717, 1.165) is 12.3 Å². The standard InChI is InChI=1S/C39H48O2P2/c1-25-11-26(2)16-33(15-25)42(34-17-27(3)12-28(4)18-34)23-37-38(41-39(9,10)40-37)24-43(35-19-29(5)13-30(6)20-35)36-21-31(7)14-32(8)22-36/h11-22,37-38H,23-24H2,1-10H3. The summed E-state index contributed by atoms with van der Waals surface area (Å²) >= 11 is 0. The minimum absolute atomic E-state index is 0.00422. The van der Waals surface area contributed by atoms with Crippen molar-refractivity contribution in [2.24, 2.45) is 0 Å². The summed E-state index contributed by atoms with van der Waals surface area (Å²) in [5.74, 6) is -0.618. The topological polar surface area (TPSA) is 18.5 Å². The van der Waals surface area contributed by atoms with Gasteiger partial charge in [0.1, 0.15) is 0 Å². The first-order valence-corrected chi connectivity index (χ1v) is 18.5. The molecule has 43 heavy (non-hydrogen) atoms. The molecule has 1 aliphatic rings. The van der Waals surface area contributed by atoms with Gasteiger partial charge in [-0.25, -0.2) is 0 Å². The van der Waals surface area contributed by atoms with Gasteiger partial charge in [-0.1, -0.05) is 117 Å². The first-order chi connectivity index (χ1) is 20.2. The molecule has 0 spiro atoms. The van der Waals surface area contributed by atoms with Crippen molar-refractivity contribution in [3.05, 3.63) is 117 Å². The lowest BCUT2D eigenvalue weighted by Gasteiger charge is -2.28. The summed E-state index contributed by atoms with van der Waals surface area (Å²) in [7, 11) is -1.29. The molecule has 0 radical (unpaired) electrons. The molecule has 5 rings (SSSR count). The van der Waals surface area contributed by atoms with Crippen molar-refractivity contribution < 1.29 is 9.47 Å². The molecule has 2 atom stereocenters. The molecule has 4 aromatic rings. The Bertz CT molecular complexity index is 1320. The lowest BCUT2D eigenvalue weighted by atomic mass is 10.2. The quantitative estimate of drug-likeness (QED) is 0.187. The number of hydrogen-bond acceptors (Lipinski definition) is 2. The lowest BCUT2D eigenvalue weighted by molar-refractivity contribution is -0.142. The Kier molecular flexibility index (Phi) is 9.66. The Morgan fingerprint density at radius 3 is 0.837 bits per heavy atom. The minimum Gasteiger partial charge on any atom is -0.344 e. The highest BCUT2D eigenvalue weighted by atomic mass is 31.1. The van der Waals surface area contributed by atoms with Crippen molar-refractivity contribution in [1.29, 1.82) is 0 Å². The maximum atomic E-state index is 6.83. The van der Waals surface area contributed by atoms with Crippen LogP contribution in [0, 0.1) is 55.4 Å². The largest absolute Gasteiger partial charge is 0.344 e. The monoisotopic (exact) mass is 610 g/mol. The van der Waals surface area contributed by atoms with Crippen LogP contribution in [0.25, 0.3) is 0 Å². The van der Waals surface area contributed by atoms with Gasteiger partial charge in [-0.15, -0.1) is 0 Å². The predicted octanol–water partition coefficient (Wildman–Crippen LogP) is 8.24. The third-order valence-corrected chi connectivity index (χ3v) is 13.1. The molecule has 226 valence electrons. The lowest BCUT2D eigenvalue weighted by Crippen LogP contribution is -2.34. The summed E-state index contributed by atoms with van der Waals surface area (Å²) in [5.41, 5.74) is 10.6. The first kappa shape index (κ1) is 32.1. The molecule has 0 bridgehead atoms. The fraction of sp³-hybridized carbons (Fsp3) is 0.385. The molecule has 2 nitrogen and oxygen atoms in total. The van der Waals surface area contributed by atoms with E-state index in [1.54, 1.807) is 0 Å². The van der Waals surface area contributed by atoms with Crippen LogP contribution in [0.5, 0.6) is 0 Å². The van der Waals surface area contributed by atoms with Crippen molar-refractivity contribution in [2.75, 3.05) is 12.3 Å². The molecule has 2 unspecified atom stereocenters. The smallest absolute Gasteiger partial charge is 0.163 e.